The van der Waals surface area contributed by atoms with E-state index in [1.807, 2.05) is 49.4 Å². The van der Waals surface area contributed by atoms with Crippen LogP contribution in [0.25, 0.3) is 0 Å². The molecule has 0 N–H and O–H groups in total. The quantitative estimate of drug-likeness (QED) is 0.599. The average molecular weight is 296 g/mol. The number of Topliss-reactive ketones (excluding diaryl/α,β-unsaturated/α-hetero) is 1. The molecule has 0 radical (unpaired) electrons. The number of hydrogen-bond donors (Lipinski definition) is 0. The zero-order valence-electron chi connectivity index (χ0n) is 12.9. The fraction of sp³-hybridized carbons (Fsp3) is 0.263. The summed E-state index contributed by atoms with van der Waals surface area (Å²) in [5.74, 6) is -0.967. The minimum absolute atomic E-state index is 0.0538. The maximum atomic E-state index is 12.4. The van der Waals surface area contributed by atoms with Gasteiger partial charge in [0.2, 0.25) is 0 Å². The molecule has 0 heterocycles. The molecule has 0 fully saturated rings. The number of rotatable bonds is 6. The summed E-state index contributed by atoms with van der Waals surface area (Å²) in [4.78, 5) is 24.6. The lowest BCUT2D eigenvalue weighted by Gasteiger charge is -2.15. The van der Waals surface area contributed by atoms with Gasteiger partial charge in [0.05, 0.1) is 12.5 Å². The Labute approximate surface area is 130 Å². The monoisotopic (exact) mass is 296 g/mol. The van der Waals surface area contributed by atoms with E-state index in [0.717, 1.165) is 11.1 Å². The van der Waals surface area contributed by atoms with Gasteiger partial charge in [0.25, 0.3) is 0 Å². The third-order valence-corrected chi connectivity index (χ3v) is 3.54. The van der Waals surface area contributed by atoms with Crippen LogP contribution in [-0.4, -0.2) is 18.4 Å². The highest BCUT2D eigenvalue weighted by atomic mass is 16.5. The van der Waals surface area contributed by atoms with Gasteiger partial charge in [-0.25, -0.2) is 0 Å². The van der Waals surface area contributed by atoms with Crippen molar-refractivity contribution in [2.75, 3.05) is 6.61 Å². The van der Waals surface area contributed by atoms with Gasteiger partial charge in [0, 0.05) is 12.0 Å². The Morgan fingerprint density at radius 2 is 1.64 bits per heavy atom. The van der Waals surface area contributed by atoms with Crippen molar-refractivity contribution in [3.8, 4) is 0 Å². The molecule has 0 aliphatic heterocycles. The molecular weight excluding hydrogens is 276 g/mol. The van der Waals surface area contributed by atoms with Crippen LogP contribution in [0.5, 0.6) is 0 Å². The van der Waals surface area contributed by atoms with E-state index in [2.05, 4.69) is 0 Å². The number of benzene rings is 2. The number of esters is 1. The maximum absolute atomic E-state index is 12.4. The van der Waals surface area contributed by atoms with Crippen molar-refractivity contribution < 1.29 is 14.3 Å². The molecule has 2 rings (SSSR count). The van der Waals surface area contributed by atoms with E-state index in [1.54, 1.807) is 19.1 Å². The van der Waals surface area contributed by atoms with Crippen molar-refractivity contribution >= 4 is 11.8 Å². The van der Waals surface area contributed by atoms with Crippen LogP contribution in [-0.2, 0) is 9.53 Å². The molecule has 0 saturated heterocycles. The Morgan fingerprint density at radius 3 is 2.23 bits per heavy atom. The smallest absolute Gasteiger partial charge is 0.313 e. The summed E-state index contributed by atoms with van der Waals surface area (Å²) in [7, 11) is 0. The molecular formula is C19H20O3. The maximum Gasteiger partial charge on any atom is 0.313 e. The summed E-state index contributed by atoms with van der Waals surface area (Å²) in [5.41, 5.74) is 2.53. The first kappa shape index (κ1) is 16.0. The van der Waals surface area contributed by atoms with Gasteiger partial charge < -0.3 is 4.74 Å². The third-order valence-electron chi connectivity index (χ3n) is 3.54. The van der Waals surface area contributed by atoms with Gasteiger partial charge in [-0.1, -0.05) is 60.2 Å². The molecule has 22 heavy (non-hydrogen) atoms. The van der Waals surface area contributed by atoms with E-state index in [1.165, 1.54) is 0 Å². The van der Waals surface area contributed by atoms with Gasteiger partial charge in [-0.3, -0.25) is 9.59 Å². The second-order valence-corrected chi connectivity index (χ2v) is 5.21. The molecule has 0 aromatic heterocycles. The van der Waals surface area contributed by atoms with Crippen LogP contribution in [0.4, 0.5) is 0 Å². The summed E-state index contributed by atoms with van der Waals surface area (Å²) in [6, 6.07) is 16.7. The molecule has 0 amide bonds. The van der Waals surface area contributed by atoms with E-state index >= 15 is 0 Å². The predicted octanol–water partition coefficient (Wildman–Crippen LogP) is 3.91. The summed E-state index contributed by atoms with van der Waals surface area (Å²) >= 11 is 0. The highest BCUT2D eigenvalue weighted by molar-refractivity contribution is 5.99. The van der Waals surface area contributed by atoms with Gasteiger partial charge in [0.15, 0.2) is 5.78 Å². The predicted molar refractivity (Wildman–Crippen MR) is 85.9 cm³/mol. The number of aryl methyl sites for hydroxylation is 1. The fourth-order valence-electron chi connectivity index (χ4n) is 2.31. The summed E-state index contributed by atoms with van der Waals surface area (Å²) in [6.45, 7) is 4.04. The van der Waals surface area contributed by atoms with Crippen molar-refractivity contribution in [3.05, 3.63) is 71.3 Å². The molecule has 0 spiro atoms. The lowest BCUT2D eigenvalue weighted by Crippen LogP contribution is -2.19. The fourth-order valence-corrected chi connectivity index (χ4v) is 2.31. The molecule has 114 valence electrons. The van der Waals surface area contributed by atoms with Crippen LogP contribution in [0.2, 0.25) is 0 Å². The van der Waals surface area contributed by atoms with Crippen molar-refractivity contribution in [2.24, 2.45) is 0 Å². The Kier molecular flexibility index (Phi) is 5.48. The number of carbonyl (C=O) groups excluding carboxylic acids is 2. The summed E-state index contributed by atoms with van der Waals surface area (Å²) in [5, 5.41) is 0. The minimum atomic E-state index is -0.560. The van der Waals surface area contributed by atoms with Gasteiger partial charge >= 0.3 is 5.97 Å². The molecule has 0 saturated carbocycles. The van der Waals surface area contributed by atoms with Gasteiger partial charge in [-0.05, 0) is 19.4 Å². The first-order chi connectivity index (χ1) is 10.6. The zero-order chi connectivity index (χ0) is 15.9. The van der Waals surface area contributed by atoms with E-state index in [0.29, 0.717) is 12.2 Å². The van der Waals surface area contributed by atoms with E-state index in [4.69, 9.17) is 4.74 Å². The van der Waals surface area contributed by atoms with Gasteiger partial charge in [-0.15, -0.1) is 0 Å². The second kappa shape index (κ2) is 7.55. The average Bonchev–Trinajstić information content (AvgIpc) is 2.54. The zero-order valence-corrected chi connectivity index (χ0v) is 12.9. The molecule has 2 aromatic carbocycles. The lowest BCUT2D eigenvalue weighted by atomic mass is 9.91. The van der Waals surface area contributed by atoms with Crippen LogP contribution in [0.1, 0.15) is 40.7 Å². The molecule has 0 aliphatic rings. The van der Waals surface area contributed by atoms with Crippen LogP contribution >= 0.6 is 0 Å². The van der Waals surface area contributed by atoms with E-state index in [-0.39, 0.29) is 18.2 Å². The van der Waals surface area contributed by atoms with Crippen LogP contribution < -0.4 is 0 Å². The standard InChI is InChI=1S/C19H20O3/c1-3-22-19(21)17(15-7-5-4-6-8-15)13-18(20)16-11-9-14(2)10-12-16/h4-12,17H,3,13H2,1-2H3. The van der Waals surface area contributed by atoms with Crippen LogP contribution in [0.3, 0.4) is 0 Å². The largest absolute Gasteiger partial charge is 0.466 e. The van der Waals surface area contributed by atoms with Gasteiger partial charge in [-0.2, -0.15) is 0 Å². The van der Waals surface area contributed by atoms with Crippen LogP contribution in [0.15, 0.2) is 54.6 Å². The highest BCUT2D eigenvalue weighted by Gasteiger charge is 2.25. The lowest BCUT2D eigenvalue weighted by molar-refractivity contribution is -0.144. The van der Waals surface area contributed by atoms with Gasteiger partial charge in [0.1, 0.15) is 0 Å². The normalized spacial score (nSPS) is 11.7. The van der Waals surface area contributed by atoms with E-state index in [9.17, 15) is 9.59 Å². The van der Waals surface area contributed by atoms with Crippen molar-refractivity contribution in [1.82, 2.24) is 0 Å². The second-order valence-electron chi connectivity index (χ2n) is 5.21. The van der Waals surface area contributed by atoms with Crippen molar-refractivity contribution in [1.29, 1.82) is 0 Å². The minimum Gasteiger partial charge on any atom is -0.466 e. The summed E-state index contributed by atoms with van der Waals surface area (Å²) in [6.07, 6.45) is 0.117. The Morgan fingerprint density at radius 1 is 1.00 bits per heavy atom. The van der Waals surface area contributed by atoms with Crippen molar-refractivity contribution in [2.45, 2.75) is 26.2 Å². The topological polar surface area (TPSA) is 43.4 Å². The van der Waals surface area contributed by atoms with Crippen molar-refractivity contribution in [3.63, 3.8) is 0 Å². The highest BCUT2D eigenvalue weighted by Crippen LogP contribution is 2.23. The molecule has 1 unspecified atom stereocenters. The van der Waals surface area contributed by atoms with E-state index < -0.39 is 5.92 Å². The number of ether oxygens (including phenoxy) is 1. The SMILES string of the molecule is CCOC(=O)C(CC(=O)c1ccc(C)cc1)c1ccccc1. The Balaban J connectivity index is 2.21. The number of carbonyl (C=O) groups is 2. The molecule has 1 atom stereocenters. The first-order valence-corrected chi connectivity index (χ1v) is 7.43. The number of ketones is 1. The Bertz CT molecular complexity index is 629. The molecule has 0 aliphatic carbocycles. The Hall–Kier alpha value is -2.42. The summed E-state index contributed by atoms with van der Waals surface area (Å²) < 4.78 is 5.12. The third kappa shape index (κ3) is 4.04. The molecule has 3 heteroatoms. The van der Waals surface area contributed by atoms with Crippen LogP contribution in [0, 0.1) is 6.92 Å². The number of hydrogen-bond acceptors (Lipinski definition) is 3. The molecule has 0 bridgehead atoms. The molecule has 3 nitrogen and oxygen atoms in total. The molecule has 2 aromatic rings. The first-order valence-electron chi connectivity index (χ1n) is 7.43.